The lowest BCUT2D eigenvalue weighted by atomic mass is 10.00. The fourth-order valence-corrected chi connectivity index (χ4v) is 1.80. The summed E-state index contributed by atoms with van der Waals surface area (Å²) in [6.45, 7) is 4.02. The van der Waals surface area contributed by atoms with Crippen molar-refractivity contribution in [3.8, 4) is 6.07 Å². The van der Waals surface area contributed by atoms with E-state index in [2.05, 4.69) is 11.0 Å². The van der Waals surface area contributed by atoms with Crippen LogP contribution in [0.1, 0.15) is 19.3 Å². The number of hydrogen-bond donors (Lipinski definition) is 0. The quantitative estimate of drug-likeness (QED) is 0.614. The molecular weight excluding hydrogens is 164 g/mol. The second-order valence-corrected chi connectivity index (χ2v) is 3.62. The van der Waals surface area contributed by atoms with E-state index >= 15 is 0 Å². The van der Waals surface area contributed by atoms with Crippen LogP contribution < -0.4 is 0 Å². The molecule has 0 amide bonds. The Kier molecular flexibility index (Phi) is 4.81. The van der Waals surface area contributed by atoms with Crippen molar-refractivity contribution in [1.82, 2.24) is 4.90 Å². The lowest BCUT2D eigenvalue weighted by molar-refractivity contribution is 0.152. The molecule has 1 aliphatic rings. The van der Waals surface area contributed by atoms with Crippen LogP contribution in [0.4, 0.5) is 0 Å². The van der Waals surface area contributed by atoms with Gasteiger partial charge in [-0.3, -0.25) is 0 Å². The monoisotopic (exact) mass is 182 g/mol. The molecule has 3 nitrogen and oxygen atoms in total. The Morgan fingerprint density at radius 1 is 1.62 bits per heavy atom. The highest BCUT2D eigenvalue weighted by Crippen LogP contribution is 2.15. The van der Waals surface area contributed by atoms with Gasteiger partial charge in [0.15, 0.2) is 0 Å². The van der Waals surface area contributed by atoms with Gasteiger partial charge in [-0.15, -0.1) is 0 Å². The van der Waals surface area contributed by atoms with E-state index < -0.39 is 0 Å². The Morgan fingerprint density at radius 2 is 2.46 bits per heavy atom. The first-order valence-corrected chi connectivity index (χ1v) is 4.97. The summed E-state index contributed by atoms with van der Waals surface area (Å²) in [6.07, 6.45) is 3.33. The smallest absolute Gasteiger partial charge is 0.0669 e. The maximum absolute atomic E-state index is 8.78. The van der Waals surface area contributed by atoms with Gasteiger partial charge in [-0.25, -0.2) is 0 Å². The third-order valence-electron chi connectivity index (χ3n) is 2.51. The third-order valence-corrected chi connectivity index (χ3v) is 2.51. The molecule has 0 radical (unpaired) electrons. The van der Waals surface area contributed by atoms with Crippen LogP contribution in [-0.4, -0.2) is 38.3 Å². The van der Waals surface area contributed by atoms with Gasteiger partial charge in [0.1, 0.15) is 0 Å². The molecule has 0 aliphatic carbocycles. The molecule has 1 heterocycles. The minimum atomic E-state index is 0.260. The van der Waals surface area contributed by atoms with Gasteiger partial charge in [0.25, 0.3) is 0 Å². The fraction of sp³-hybridized carbons (Fsp3) is 0.900. The van der Waals surface area contributed by atoms with Gasteiger partial charge in [-0.1, -0.05) is 0 Å². The third kappa shape index (κ3) is 3.75. The van der Waals surface area contributed by atoms with E-state index in [1.165, 1.54) is 6.42 Å². The lowest BCUT2D eigenvalue weighted by Gasteiger charge is -2.29. The second kappa shape index (κ2) is 5.95. The van der Waals surface area contributed by atoms with Gasteiger partial charge in [0, 0.05) is 26.8 Å². The van der Waals surface area contributed by atoms with E-state index in [1.807, 2.05) is 0 Å². The summed E-state index contributed by atoms with van der Waals surface area (Å²) in [4.78, 5) is 2.37. The van der Waals surface area contributed by atoms with E-state index in [0.29, 0.717) is 0 Å². The number of piperidine rings is 1. The molecule has 1 saturated heterocycles. The molecule has 0 bridgehead atoms. The number of hydrogen-bond acceptors (Lipinski definition) is 3. The second-order valence-electron chi connectivity index (χ2n) is 3.62. The van der Waals surface area contributed by atoms with Crippen LogP contribution in [0.3, 0.4) is 0 Å². The number of likely N-dealkylation sites (tertiary alicyclic amines) is 1. The average Bonchev–Trinajstić information content (AvgIpc) is 2.19. The van der Waals surface area contributed by atoms with Crippen molar-refractivity contribution in [3.05, 3.63) is 0 Å². The average molecular weight is 182 g/mol. The molecule has 13 heavy (non-hydrogen) atoms. The van der Waals surface area contributed by atoms with E-state index in [-0.39, 0.29) is 5.92 Å². The minimum absolute atomic E-state index is 0.260. The SMILES string of the molecule is COCCCN1CCCC(C#N)C1. The molecule has 0 N–H and O–H groups in total. The first-order chi connectivity index (χ1) is 6.36. The van der Waals surface area contributed by atoms with Crippen LogP contribution in [-0.2, 0) is 4.74 Å². The highest BCUT2D eigenvalue weighted by molar-refractivity contribution is 4.88. The Balaban J connectivity index is 2.15. The fourth-order valence-electron chi connectivity index (χ4n) is 1.80. The summed E-state index contributed by atoms with van der Waals surface area (Å²) in [6, 6.07) is 2.35. The van der Waals surface area contributed by atoms with Gasteiger partial charge >= 0.3 is 0 Å². The van der Waals surface area contributed by atoms with Gasteiger partial charge in [-0.2, -0.15) is 5.26 Å². The molecule has 1 rings (SSSR count). The summed E-state index contributed by atoms with van der Waals surface area (Å²) in [5.41, 5.74) is 0. The molecule has 0 aromatic rings. The molecule has 1 aliphatic heterocycles. The number of nitriles is 1. The highest BCUT2D eigenvalue weighted by Gasteiger charge is 2.18. The number of ether oxygens (including phenoxy) is 1. The zero-order chi connectivity index (χ0) is 9.52. The normalized spacial score (nSPS) is 24.2. The molecule has 74 valence electrons. The summed E-state index contributed by atoms with van der Waals surface area (Å²) in [5.74, 6) is 0.260. The molecule has 0 saturated carbocycles. The predicted octanol–water partition coefficient (Wildman–Crippen LogP) is 1.26. The van der Waals surface area contributed by atoms with Gasteiger partial charge in [-0.05, 0) is 25.8 Å². The first kappa shape index (κ1) is 10.5. The Hall–Kier alpha value is -0.590. The van der Waals surface area contributed by atoms with Crippen molar-refractivity contribution in [2.45, 2.75) is 19.3 Å². The largest absolute Gasteiger partial charge is 0.385 e. The van der Waals surface area contributed by atoms with Crippen molar-refractivity contribution in [3.63, 3.8) is 0 Å². The summed E-state index contributed by atoms with van der Waals surface area (Å²) >= 11 is 0. The Morgan fingerprint density at radius 3 is 3.15 bits per heavy atom. The van der Waals surface area contributed by atoms with Crippen LogP contribution in [0.25, 0.3) is 0 Å². The van der Waals surface area contributed by atoms with Crippen molar-refractivity contribution in [1.29, 1.82) is 5.26 Å². The van der Waals surface area contributed by atoms with Gasteiger partial charge in [0.2, 0.25) is 0 Å². The van der Waals surface area contributed by atoms with Crippen molar-refractivity contribution in [2.75, 3.05) is 33.4 Å². The predicted molar refractivity (Wildman–Crippen MR) is 51.3 cm³/mol. The number of rotatable bonds is 4. The highest BCUT2D eigenvalue weighted by atomic mass is 16.5. The first-order valence-electron chi connectivity index (χ1n) is 4.97. The molecule has 1 unspecified atom stereocenters. The summed E-state index contributed by atoms with van der Waals surface area (Å²) < 4.78 is 4.99. The Labute approximate surface area is 80.3 Å². The minimum Gasteiger partial charge on any atom is -0.385 e. The van der Waals surface area contributed by atoms with Crippen molar-refractivity contribution < 1.29 is 4.74 Å². The molecule has 0 aromatic heterocycles. The maximum Gasteiger partial charge on any atom is 0.0669 e. The standard InChI is InChI=1S/C10H18N2O/c1-13-7-3-6-12-5-2-4-10(8-11)9-12/h10H,2-7,9H2,1H3. The van der Waals surface area contributed by atoms with Crippen LogP contribution in [0, 0.1) is 17.2 Å². The summed E-state index contributed by atoms with van der Waals surface area (Å²) in [5, 5.41) is 8.78. The van der Waals surface area contributed by atoms with Crippen LogP contribution in [0.15, 0.2) is 0 Å². The van der Waals surface area contributed by atoms with Crippen LogP contribution >= 0.6 is 0 Å². The van der Waals surface area contributed by atoms with E-state index in [4.69, 9.17) is 10.00 Å². The zero-order valence-corrected chi connectivity index (χ0v) is 8.33. The number of nitrogens with zero attached hydrogens (tertiary/aromatic N) is 2. The molecule has 3 heteroatoms. The molecule has 1 atom stereocenters. The van der Waals surface area contributed by atoms with Crippen molar-refractivity contribution in [2.24, 2.45) is 5.92 Å². The van der Waals surface area contributed by atoms with Crippen molar-refractivity contribution >= 4 is 0 Å². The molecular formula is C10H18N2O. The molecule has 0 aromatic carbocycles. The lowest BCUT2D eigenvalue weighted by Crippen LogP contribution is -2.35. The maximum atomic E-state index is 8.78. The van der Waals surface area contributed by atoms with Gasteiger partial charge < -0.3 is 9.64 Å². The van der Waals surface area contributed by atoms with E-state index in [0.717, 1.165) is 39.1 Å². The molecule has 1 fully saturated rings. The van der Waals surface area contributed by atoms with Crippen LogP contribution in [0.5, 0.6) is 0 Å². The Bertz CT molecular complexity index is 176. The van der Waals surface area contributed by atoms with Gasteiger partial charge in [0.05, 0.1) is 12.0 Å². The van der Waals surface area contributed by atoms with Crippen LogP contribution in [0.2, 0.25) is 0 Å². The summed E-state index contributed by atoms with van der Waals surface area (Å²) in [7, 11) is 1.73. The van der Waals surface area contributed by atoms with E-state index in [1.54, 1.807) is 7.11 Å². The zero-order valence-electron chi connectivity index (χ0n) is 8.33. The molecule has 0 spiro atoms. The van der Waals surface area contributed by atoms with E-state index in [9.17, 15) is 0 Å². The number of methoxy groups -OCH3 is 1. The topological polar surface area (TPSA) is 36.3 Å².